The number of nitrogens with zero attached hydrogens (tertiary/aromatic N) is 1. The third-order valence-corrected chi connectivity index (χ3v) is 4.41. The van der Waals surface area contributed by atoms with E-state index in [2.05, 4.69) is 4.98 Å². The third kappa shape index (κ3) is 5.45. The van der Waals surface area contributed by atoms with E-state index in [1.807, 2.05) is 6.07 Å². The maximum Gasteiger partial charge on any atom is 0.313 e. The van der Waals surface area contributed by atoms with Gasteiger partial charge in [0.15, 0.2) is 0 Å². The molecule has 1 heterocycles. The average molecular weight is 385 g/mol. The molecule has 1 saturated carbocycles. The Morgan fingerprint density at radius 3 is 2.50 bits per heavy atom. The molecule has 0 N–H and O–H groups in total. The fourth-order valence-electron chi connectivity index (χ4n) is 2.88. The molecule has 0 radical (unpaired) electrons. The first-order valence-electron chi connectivity index (χ1n) is 7.21. The second kappa shape index (κ2) is 8.05. The Balaban J connectivity index is 2.17. The zero-order valence-electron chi connectivity index (χ0n) is 11.9. The minimum absolute atomic E-state index is 0.222. The van der Waals surface area contributed by atoms with Crippen molar-refractivity contribution in [3.05, 3.63) is 29.0 Å². The molecular weight excluding hydrogens is 368 g/mol. The van der Waals surface area contributed by atoms with Crippen LogP contribution in [0.3, 0.4) is 0 Å². The van der Waals surface area contributed by atoms with Crippen LogP contribution in [0.4, 0.5) is 0 Å². The summed E-state index contributed by atoms with van der Waals surface area (Å²) in [6.07, 6.45) is 7.01. The van der Waals surface area contributed by atoms with Crippen LogP contribution in [-0.2, 0) is 9.53 Å². The lowest BCUT2D eigenvalue weighted by atomic mass is 9.77. The Morgan fingerprint density at radius 1 is 1.27 bits per heavy atom. The van der Waals surface area contributed by atoms with Gasteiger partial charge in [-0.25, -0.2) is 4.98 Å². The van der Waals surface area contributed by atoms with E-state index in [4.69, 9.17) is 51.1 Å². The first-order valence-corrected chi connectivity index (χ1v) is 8.73. The van der Waals surface area contributed by atoms with Crippen LogP contribution in [-0.4, -0.2) is 21.4 Å². The number of alkyl halides is 3. The van der Waals surface area contributed by atoms with Crippen LogP contribution < -0.4 is 0 Å². The van der Waals surface area contributed by atoms with Crippen molar-refractivity contribution < 1.29 is 9.53 Å². The minimum Gasteiger partial charge on any atom is -0.461 e. The van der Waals surface area contributed by atoms with Crippen molar-refractivity contribution in [2.45, 2.75) is 41.8 Å². The summed E-state index contributed by atoms with van der Waals surface area (Å²) in [6, 6.07) is 3.49. The van der Waals surface area contributed by atoms with E-state index in [1.165, 1.54) is 6.42 Å². The predicted octanol–water partition coefficient (Wildman–Crippen LogP) is 5.31. The number of aromatic nitrogens is 1. The largest absolute Gasteiger partial charge is 0.461 e. The summed E-state index contributed by atoms with van der Waals surface area (Å²) in [5, 5.41) is 0.390. The van der Waals surface area contributed by atoms with Gasteiger partial charge in [-0.2, -0.15) is 0 Å². The molecule has 0 amide bonds. The molecule has 1 fully saturated rings. The average Bonchev–Trinajstić information content (AvgIpc) is 2.48. The number of ether oxygens (including phenoxy) is 1. The van der Waals surface area contributed by atoms with E-state index >= 15 is 0 Å². The number of rotatable bonds is 4. The molecule has 0 saturated heterocycles. The van der Waals surface area contributed by atoms with E-state index in [-0.39, 0.29) is 18.5 Å². The molecule has 0 aliphatic heterocycles. The van der Waals surface area contributed by atoms with E-state index in [0.717, 1.165) is 31.2 Å². The van der Waals surface area contributed by atoms with Crippen molar-refractivity contribution in [3.8, 4) is 0 Å². The lowest BCUT2D eigenvalue weighted by Crippen LogP contribution is -2.28. The maximum absolute atomic E-state index is 12.5. The normalized spacial score (nSPS) is 18.0. The van der Waals surface area contributed by atoms with Crippen LogP contribution in [0.5, 0.6) is 0 Å². The molecule has 22 heavy (non-hydrogen) atoms. The molecule has 2 rings (SSSR count). The molecule has 1 aromatic rings. The van der Waals surface area contributed by atoms with Crippen LogP contribution in [0.25, 0.3) is 0 Å². The summed E-state index contributed by atoms with van der Waals surface area (Å²) in [6.45, 7) is -0.263. The summed E-state index contributed by atoms with van der Waals surface area (Å²) in [5.74, 6) is -0.542. The van der Waals surface area contributed by atoms with Crippen molar-refractivity contribution >= 4 is 52.4 Å². The lowest BCUT2D eigenvalue weighted by Gasteiger charge is -2.29. The van der Waals surface area contributed by atoms with Gasteiger partial charge in [0, 0.05) is 6.20 Å². The fourth-order valence-corrected chi connectivity index (χ4v) is 3.16. The fraction of sp³-hybridized carbons (Fsp3) is 0.600. The van der Waals surface area contributed by atoms with Crippen LogP contribution >= 0.6 is 46.4 Å². The SMILES string of the molecule is O=C(OCC(Cl)(Cl)Cl)C(c1ccc(Cl)nc1)C1CCCCC1. The molecule has 1 aliphatic rings. The minimum atomic E-state index is -1.61. The topological polar surface area (TPSA) is 39.2 Å². The highest BCUT2D eigenvalue weighted by atomic mass is 35.6. The highest BCUT2D eigenvalue weighted by Gasteiger charge is 2.34. The standard InChI is InChI=1S/C15H17Cl4NO2/c16-12-7-6-11(8-20-12)13(10-4-2-1-3-5-10)14(21)22-9-15(17,18)19/h6-8,10,13H,1-5,9H2. The Hall–Kier alpha value is -0.220. The van der Waals surface area contributed by atoms with Gasteiger partial charge in [-0.1, -0.05) is 71.7 Å². The van der Waals surface area contributed by atoms with Gasteiger partial charge in [0.1, 0.15) is 11.8 Å². The molecule has 0 bridgehead atoms. The van der Waals surface area contributed by atoms with Crippen LogP contribution in [0, 0.1) is 5.92 Å². The second-order valence-electron chi connectivity index (χ2n) is 5.51. The summed E-state index contributed by atoms with van der Waals surface area (Å²) in [5.41, 5.74) is 0.797. The monoisotopic (exact) mass is 383 g/mol. The Bertz CT molecular complexity index is 495. The first-order chi connectivity index (χ1) is 10.4. The van der Waals surface area contributed by atoms with Gasteiger partial charge in [-0.15, -0.1) is 0 Å². The molecule has 1 aromatic heterocycles. The first kappa shape index (κ1) is 18.1. The van der Waals surface area contributed by atoms with Gasteiger partial charge >= 0.3 is 5.97 Å². The van der Waals surface area contributed by atoms with Gasteiger partial charge < -0.3 is 4.74 Å². The molecule has 7 heteroatoms. The quantitative estimate of drug-likeness (QED) is 0.401. The van der Waals surface area contributed by atoms with E-state index < -0.39 is 9.71 Å². The van der Waals surface area contributed by atoms with E-state index in [1.54, 1.807) is 12.3 Å². The van der Waals surface area contributed by atoms with Crippen LogP contribution in [0.2, 0.25) is 5.15 Å². The Morgan fingerprint density at radius 2 is 1.95 bits per heavy atom. The number of hydrogen-bond donors (Lipinski definition) is 0. The second-order valence-corrected chi connectivity index (χ2v) is 8.42. The number of carbonyl (C=O) groups is 1. The Kier molecular flexibility index (Phi) is 6.63. The van der Waals surface area contributed by atoms with E-state index in [9.17, 15) is 4.79 Å². The van der Waals surface area contributed by atoms with Crippen molar-refractivity contribution in [2.75, 3.05) is 6.61 Å². The van der Waals surface area contributed by atoms with Crippen molar-refractivity contribution in [1.82, 2.24) is 4.98 Å². The van der Waals surface area contributed by atoms with Gasteiger partial charge in [0.05, 0.1) is 5.92 Å². The zero-order valence-corrected chi connectivity index (χ0v) is 14.9. The number of halogens is 4. The van der Waals surface area contributed by atoms with Gasteiger partial charge in [0.2, 0.25) is 3.79 Å². The summed E-state index contributed by atoms with van der Waals surface area (Å²) in [4.78, 5) is 16.6. The third-order valence-electron chi connectivity index (χ3n) is 3.86. The smallest absolute Gasteiger partial charge is 0.313 e. The molecule has 1 unspecified atom stereocenters. The van der Waals surface area contributed by atoms with Crippen molar-refractivity contribution in [1.29, 1.82) is 0 Å². The van der Waals surface area contributed by atoms with Crippen LogP contribution in [0.1, 0.15) is 43.6 Å². The number of pyridine rings is 1. The van der Waals surface area contributed by atoms with E-state index in [0.29, 0.717) is 5.15 Å². The van der Waals surface area contributed by atoms with Gasteiger partial charge in [-0.05, 0) is 30.4 Å². The molecule has 1 atom stereocenters. The highest BCUT2D eigenvalue weighted by molar-refractivity contribution is 6.67. The number of hydrogen-bond acceptors (Lipinski definition) is 3. The molecule has 0 spiro atoms. The molecule has 0 aromatic carbocycles. The lowest BCUT2D eigenvalue weighted by molar-refractivity contribution is -0.147. The Labute approximate surface area is 150 Å². The molecule has 3 nitrogen and oxygen atoms in total. The highest BCUT2D eigenvalue weighted by Crippen LogP contribution is 2.37. The summed E-state index contributed by atoms with van der Waals surface area (Å²) in [7, 11) is 0. The number of esters is 1. The van der Waals surface area contributed by atoms with Gasteiger partial charge in [-0.3, -0.25) is 4.79 Å². The molecule has 1 aliphatic carbocycles. The summed E-state index contributed by atoms with van der Waals surface area (Å²) < 4.78 is 3.60. The number of carbonyl (C=O) groups excluding carboxylic acids is 1. The van der Waals surface area contributed by atoms with Crippen molar-refractivity contribution in [2.24, 2.45) is 5.92 Å². The van der Waals surface area contributed by atoms with Crippen LogP contribution in [0.15, 0.2) is 18.3 Å². The summed E-state index contributed by atoms with van der Waals surface area (Å²) >= 11 is 22.8. The predicted molar refractivity (Wildman–Crippen MR) is 89.8 cm³/mol. The maximum atomic E-state index is 12.5. The van der Waals surface area contributed by atoms with Gasteiger partial charge in [0.25, 0.3) is 0 Å². The zero-order chi connectivity index (χ0) is 16.2. The molecular formula is C15H17Cl4NO2. The molecule has 122 valence electrons. The van der Waals surface area contributed by atoms with Crippen molar-refractivity contribution in [3.63, 3.8) is 0 Å².